The quantitative estimate of drug-likeness (QED) is 0.719. The minimum Gasteiger partial charge on any atom is -0.550 e. The molecule has 0 radical (unpaired) electrons. The molecule has 0 unspecified atom stereocenters. The number of carboxylic acid groups (broad SMARTS) is 1. The summed E-state index contributed by atoms with van der Waals surface area (Å²) in [5, 5.41) is 10.4. The first kappa shape index (κ1) is 10.8. The number of pyridine rings is 1. The number of aliphatic carboxylic acids is 1. The Morgan fingerprint density at radius 2 is 2.25 bits per heavy atom. The van der Waals surface area contributed by atoms with Crippen LogP contribution < -0.4 is 10.0 Å². The molecule has 0 aromatic carbocycles. The topological polar surface area (TPSA) is 56.3 Å². The van der Waals surface area contributed by atoms with E-state index in [0.29, 0.717) is 11.4 Å². The van der Waals surface area contributed by atoms with E-state index in [9.17, 15) is 18.7 Å². The minimum absolute atomic E-state index is 0.307. The highest BCUT2D eigenvalue weighted by Crippen LogP contribution is 2.31. The molecule has 1 aliphatic rings. The van der Waals surface area contributed by atoms with Gasteiger partial charge in [-0.1, -0.05) is 0 Å². The number of aromatic nitrogens is 1. The van der Waals surface area contributed by atoms with E-state index in [-0.39, 0.29) is 19.5 Å². The van der Waals surface area contributed by atoms with E-state index in [1.165, 1.54) is 17.2 Å². The largest absolute Gasteiger partial charge is 0.550 e. The molecule has 2 heterocycles. The second-order valence-electron chi connectivity index (χ2n) is 3.77. The average molecular weight is 227 g/mol. The van der Waals surface area contributed by atoms with Crippen LogP contribution in [0.2, 0.25) is 0 Å². The molecule has 1 fully saturated rings. The zero-order valence-electron chi connectivity index (χ0n) is 8.32. The van der Waals surface area contributed by atoms with Gasteiger partial charge in [0.1, 0.15) is 0 Å². The van der Waals surface area contributed by atoms with Crippen molar-refractivity contribution in [3.8, 4) is 0 Å². The summed E-state index contributed by atoms with van der Waals surface area (Å²) in [5.41, 5.74) is 0.880. The lowest BCUT2D eigenvalue weighted by molar-refractivity contribution is -0.304. The third-order valence-electron chi connectivity index (χ3n) is 2.34. The third-order valence-corrected chi connectivity index (χ3v) is 2.34. The molecule has 0 amide bonds. The molecule has 4 nitrogen and oxygen atoms in total. The predicted molar refractivity (Wildman–Crippen MR) is 50.1 cm³/mol. The summed E-state index contributed by atoms with van der Waals surface area (Å²) in [5.74, 6) is -3.88. The predicted octanol–water partition coefficient (Wildman–Crippen LogP) is -0.171. The molecule has 0 atom stereocenters. The monoisotopic (exact) mass is 227 g/mol. The first-order chi connectivity index (χ1) is 7.46. The Labute approximate surface area is 90.5 Å². The summed E-state index contributed by atoms with van der Waals surface area (Å²) in [6.07, 6.45) is 1.10. The number of carbonyl (C=O) groups is 1. The van der Waals surface area contributed by atoms with Crippen molar-refractivity contribution in [1.82, 2.24) is 4.98 Å². The standard InChI is InChI=1S/C10H10F2N2O2/c11-10(12)5-14(6-10)8-1-2-13-7(3-8)4-9(15)16/h1-3H,4-6H2,(H,15,16)/p-1. The highest BCUT2D eigenvalue weighted by molar-refractivity contribution is 5.68. The van der Waals surface area contributed by atoms with Crippen LogP contribution in [0.3, 0.4) is 0 Å². The van der Waals surface area contributed by atoms with Crippen LogP contribution in [0.1, 0.15) is 5.69 Å². The van der Waals surface area contributed by atoms with E-state index in [0.717, 1.165) is 0 Å². The Kier molecular flexibility index (Phi) is 2.49. The lowest BCUT2D eigenvalue weighted by Crippen LogP contribution is -2.56. The lowest BCUT2D eigenvalue weighted by Gasteiger charge is -2.40. The molecule has 0 aliphatic carbocycles. The Bertz CT molecular complexity index is 415. The smallest absolute Gasteiger partial charge is 0.282 e. The van der Waals surface area contributed by atoms with Crippen LogP contribution in [0, 0.1) is 0 Å². The van der Waals surface area contributed by atoms with E-state index in [4.69, 9.17) is 0 Å². The number of nitrogens with zero attached hydrogens (tertiary/aromatic N) is 2. The number of alkyl halides is 2. The number of halogens is 2. The molecule has 1 saturated heterocycles. The van der Waals surface area contributed by atoms with Gasteiger partial charge in [-0.05, 0) is 12.1 Å². The van der Waals surface area contributed by atoms with Gasteiger partial charge >= 0.3 is 0 Å². The van der Waals surface area contributed by atoms with Crippen LogP contribution in [-0.4, -0.2) is 30.0 Å². The van der Waals surface area contributed by atoms with Gasteiger partial charge in [0.05, 0.1) is 13.1 Å². The van der Waals surface area contributed by atoms with Crippen LogP contribution >= 0.6 is 0 Å². The fraction of sp³-hybridized carbons (Fsp3) is 0.400. The van der Waals surface area contributed by atoms with Crippen molar-refractivity contribution in [2.45, 2.75) is 12.3 Å². The van der Waals surface area contributed by atoms with Crippen molar-refractivity contribution in [2.75, 3.05) is 18.0 Å². The maximum Gasteiger partial charge on any atom is 0.282 e. The summed E-state index contributed by atoms with van der Waals surface area (Å²) >= 11 is 0. The summed E-state index contributed by atoms with van der Waals surface area (Å²) in [7, 11) is 0. The maximum absolute atomic E-state index is 12.6. The Balaban J connectivity index is 2.08. The van der Waals surface area contributed by atoms with Gasteiger partial charge in [-0.3, -0.25) is 4.98 Å². The second kappa shape index (κ2) is 3.70. The van der Waals surface area contributed by atoms with E-state index in [2.05, 4.69) is 4.98 Å². The number of anilines is 1. The average Bonchev–Trinajstić information content (AvgIpc) is 2.13. The first-order valence-corrected chi connectivity index (χ1v) is 4.74. The molecule has 16 heavy (non-hydrogen) atoms. The summed E-state index contributed by atoms with van der Waals surface area (Å²) in [6, 6.07) is 3.07. The van der Waals surface area contributed by atoms with Crippen molar-refractivity contribution in [1.29, 1.82) is 0 Å². The van der Waals surface area contributed by atoms with Gasteiger partial charge in [-0.15, -0.1) is 0 Å². The number of hydrogen-bond acceptors (Lipinski definition) is 4. The van der Waals surface area contributed by atoms with Gasteiger partial charge in [-0.2, -0.15) is 0 Å². The van der Waals surface area contributed by atoms with E-state index < -0.39 is 11.9 Å². The molecule has 0 saturated carbocycles. The zero-order chi connectivity index (χ0) is 11.8. The summed E-state index contributed by atoms with van der Waals surface area (Å²) in [6.45, 7) is -0.663. The van der Waals surface area contributed by atoms with Crippen LogP contribution in [0.5, 0.6) is 0 Å². The molecule has 0 spiro atoms. The van der Waals surface area contributed by atoms with Gasteiger partial charge in [0, 0.05) is 30.0 Å². The van der Waals surface area contributed by atoms with Crippen LogP contribution in [0.25, 0.3) is 0 Å². The SMILES string of the molecule is O=C([O-])Cc1cc(N2CC(F)(F)C2)ccn1. The molecule has 86 valence electrons. The summed E-state index contributed by atoms with van der Waals surface area (Å²) in [4.78, 5) is 15.6. The van der Waals surface area contributed by atoms with E-state index in [1.807, 2.05) is 0 Å². The molecule has 1 aromatic heterocycles. The van der Waals surface area contributed by atoms with E-state index in [1.54, 1.807) is 6.07 Å². The molecule has 0 bridgehead atoms. The molecular weight excluding hydrogens is 218 g/mol. The number of carbonyl (C=O) groups excluding carboxylic acids is 1. The van der Waals surface area contributed by atoms with Gasteiger partial charge in [0.15, 0.2) is 0 Å². The molecule has 0 N–H and O–H groups in total. The summed E-state index contributed by atoms with van der Waals surface area (Å²) < 4.78 is 25.2. The molecule has 6 heteroatoms. The Morgan fingerprint density at radius 1 is 1.56 bits per heavy atom. The molecule has 1 aliphatic heterocycles. The molecule has 1 aromatic rings. The van der Waals surface area contributed by atoms with Crippen molar-refractivity contribution in [3.05, 3.63) is 24.0 Å². The second-order valence-corrected chi connectivity index (χ2v) is 3.77. The van der Waals surface area contributed by atoms with Crippen LogP contribution in [-0.2, 0) is 11.2 Å². The van der Waals surface area contributed by atoms with Crippen LogP contribution in [0.15, 0.2) is 18.3 Å². The Hall–Kier alpha value is -1.72. The fourth-order valence-electron chi connectivity index (χ4n) is 1.60. The fourth-order valence-corrected chi connectivity index (χ4v) is 1.60. The Morgan fingerprint density at radius 3 is 2.81 bits per heavy atom. The number of hydrogen-bond donors (Lipinski definition) is 0. The van der Waals surface area contributed by atoms with Gasteiger partial charge in [0.2, 0.25) is 0 Å². The van der Waals surface area contributed by atoms with E-state index >= 15 is 0 Å². The zero-order valence-corrected chi connectivity index (χ0v) is 8.32. The van der Waals surface area contributed by atoms with Gasteiger partial charge < -0.3 is 14.8 Å². The van der Waals surface area contributed by atoms with Gasteiger partial charge in [0.25, 0.3) is 5.92 Å². The minimum atomic E-state index is -2.64. The van der Waals surface area contributed by atoms with Crippen molar-refractivity contribution in [2.24, 2.45) is 0 Å². The molecular formula is C10H9F2N2O2-. The van der Waals surface area contributed by atoms with Crippen molar-refractivity contribution >= 4 is 11.7 Å². The normalized spacial score (nSPS) is 18.0. The highest BCUT2D eigenvalue weighted by Gasteiger charge is 2.43. The van der Waals surface area contributed by atoms with Gasteiger partial charge in [-0.25, -0.2) is 8.78 Å². The highest BCUT2D eigenvalue weighted by atomic mass is 19.3. The maximum atomic E-state index is 12.6. The van der Waals surface area contributed by atoms with Crippen molar-refractivity contribution < 1.29 is 18.7 Å². The lowest BCUT2D eigenvalue weighted by atomic mass is 10.1. The number of carboxylic acids is 1. The first-order valence-electron chi connectivity index (χ1n) is 4.74. The number of rotatable bonds is 3. The van der Waals surface area contributed by atoms with Crippen molar-refractivity contribution in [3.63, 3.8) is 0 Å². The molecule has 2 rings (SSSR count). The van der Waals surface area contributed by atoms with Crippen LogP contribution in [0.4, 0.5) is 14.5 Å². The third kappa shape index (κ3) is 2.26.